The van der Waals surface area contributed by atoms with Crippen LogP contribution < -0.4 is 5.73 Å². The first kappa shape index (κ1) is 20.5. The van der Waals surface area contributed by atoms with Gasteiger partial charge in [-0.3, -0.25) is 4.90 Å². The first-order chi connectivity index (χ1) is 15.2. The van der Waals surface area contributed by atoms with Crippen LogP contribution in [0, 0.1) is 17.8 Å². The van der Waals surface area contributed by atoms with E-state index in [4.69, 9.17) is 15.5 Å². The monoisotopic (exact) mass is 447 g/mol. The van der Waals surface area contributed by atoms with Crippen LogP contribution in [0.15, 0.2) is 18.5 Å². The molecule has 0 spiro atoms. The zero-order valence-electron chi connectivity index (χ0n) is 18.3. The first-order valence-corrected chi connectivity index (χ1v) is 11.5. The van der Waals surface area contributed by atoms with Gasteiger partial charge in [0.15, 0.2) is 0 Å². The number of hydrogen-bond donors (Lipinski definition) is 1. The van der Waals surface area contributed by atoms with Crippen molar-refractivity contribution < 1.29 is 17.9 Å². The van der Waals surface area contributed by atoms with Crippen LogP contribution in [-0.2, 0) is 16.5 Å². The van der Waals surface area contributed by atoms with Crippen molar-refractivity contribution in [2.75, 3.05) is 32.0 Å². The Morgan fingerprint density at radius 3 is 2.75 bits per heavy atom. The molecular formula is C23H28F3N5O. The highest BCUT2D eigenvalue weighted by Crippen LogP contribution is 2.89. The van der Waals surface area contributed by atoms with E-state index in [-0.39, 0.29) is 11.5 Å². The highest BCUT2D eigenvalue weighted by atomic mass is 19.4. The van der Waals surface area contributed by atoms with Crippen LogP contribution in [0.5, 0.6) is 0 Å². The van der Waals surface area contributed by atoms with Crippen molar-refractivity contribution in [2.24, 2.45) is 17.8 Å². The van der Waals surface area contributed by atoms with Crippen molar-refractivity contribution >= 4 is 5.82 Å². The Bertz CT molecular complexity index is 1050. The molecule has 5 aliphatic rings. The van der Waals surface area contributed by atoms with E-state index in [1.807, 2.05) is 6.20 Å². The fourth-order valence-electron chi connectivity index (χ4n) is 6.68. The van der Waals surface area contributed by atoms with E-state index < -0.39 is 17.6 Å². The van der Waals surface area contributed by atoms with Crippen molar-refractivity contribution in [3.05, 3.63) is 29.8 Å². The van der Waals surface area contributed by atoms with Crippen molar-refractivity contribution in [3.8, 4) is 11.3 Å². The molecule has 0 radical (unpaired) electrons. The van der Waals surface area contributed by atoms with E-state index in [1.165, 1.54) is 12.6 Å². The lowest BCUT2D eigenvalue weighted by atomic mass is 10.1. The zero-order valence-corrected chi connectivity index (χ0v) is 18.3. The Labute approximate surface area is 185 Å². The molecule has 2 bridgehead atoms. The minimum Gasteiger partial charge on any atom is -0.383 e. The van der Waals surface area contributed by atoms with Gasteiger partial charge in [-0.15, -0.1) is 0 Å². The summed E-state index contributed by atoms with van der Waals surface area (Å²) in [6, 6.07) is 1.65. The number of rotatable bonds is 4. The predicted octanol–water partition coefficient (Wildman–Crippen LogP) is 3.74. The Kier molecular flexibility index (Phi) is 4.28. The molecule has 5 atom stereocenters. The Morgan fingerprint density at radius 2 is 2.03 bits per heavy atom. The molecule has 7 rings (SSSR count). The van der Waals surface area contributed by atoms with Crippen LogP contribution in [0.4, 0.5) is 19.0 Å². The summed E-state index contributed by atoms with van der Waals surface area (Å²) in [6.45, 7) is 7.88. The number of ether oxygens (including phenoxy) is 1. The molecule has 4 saturated carbocycles. The molecule has 2 N–H and O–H groups in total. The fraction of sp³-hybridized carbons (Fsp3) is 0.652. The maximum absolute atomic E-state index is 13.4. The minimum absolute atomic E-state index is 0.108. The second-order valence-corrected chi connectivity index (χ2v) is 10.0. The third-order valence-electron chi connectivity index (χ3n) is 8.09. The van der Waals surface area contributed by atoms with Crippen molar-refractivity contribution in [1.29, 1.82) is 0 Å². The molecule has 2 aromatic rings. The Morgan fingerprint density at radius 1 is 1.22 bits per heavy atom. The molecule has 6 nitrogen and oxygen atoms in total. The van der Waals surface area contributed by atoms with E-state index in [1.54, 1.807) is 0 Å². The lowest BCUT2D eigenvalue weighted by Gasteiger charge is -2.27. The number of alkyl halides is 3. The number of fused-ring (bicyclic) bond motifs is 1. The van der Waals surface area contributed by atoms with E-state index >= 15 is 0 Å². The second-order valence-electron chi connectivity index (χ2n) is 10.0. The molecule has 4 aliphatic carbocycles. The molecule has 5 fully saturated rings. The number of halogens is 3. The summed E-state index contributed by atoms with van der Waals surface area (Å²) in [5.74, 6) is 2.55. The van der Waals surface area contributed by atoms with Crippen LogP contribution in [0.1, 0.15) is 44.0 Å². The molecule has 3 heterocycles. The van der Waals surface area contributed by atoms with Crippen LogP contribution in [0.2, 0.25) is 0 Å². The molecule has 1 saturated heterocycles. The molecule has 0 amide bonds. The van der Waals surface area contributed by atoms with Gasteiger partial charge >= 0.3 is 6.18 Å². The number of aromatic nitrogens is 3. The topological polar surface area (TPSA) is 69.2 Å². The van der Waals surface area contributed by atoms with Gasteiger partial charge in [-0.25, -0.2) is 9.97 Å². The maximum Gasteiger partial charge on any atom is 0.419 e. The molecule has 0 aromatic carbocycles. The highest BCUT2D eigenvalue weighted by molar-refractivity contribution is 5.63. The fourth-order valence-corrected chi connectivity index (χ4v) is 6.68. The number of imidazole rings is 1. The number of pyridine rings is 1. The summed E-state index contributed by atoms with van der Waals surface area (Å²) in [6.07, 6.45) is 1.08. The SMILES string of the molecule is CC(C)c1nc(-c2cnc(N)c(C(F)(F)F)c2)cn1C12C3C(N4CCCOCC4)C[C@@H]1[C@H]32. The number of anilines is 1. The predicted molar refractivity (Wildman–Crippen MR) is 113 cm³/mol. The molecular weight excluding hydrogens is 419 g/mol. The standard InChI is InChI=1S/C23H28F3N5O/c1-12(2)21-29-16(13-8-15(23(24,25)26)20(27)28-10-13)11-31(21)22-14-9-17(19(22)18(14)22)30-4-3-6-32-7-5-30/h8,10-12,14,17-19H,3-7,9H2,1-2H3,(H2,27,28)/t14-,17?,18-,19?,22?/m1/s1. The summed E-state index contributed by atoms with van der Waals surface area (Å²) >= 11 is 0. The summed E-state index contributed by atoms with van der Waals surface area (Å²) in [5, 5.41) is 0. The average molecular weight is 448 g/mol. The molecule has 172 valence electrons. The largest absolute Gasteiger partial charge is 0.419 e. The van der Waals surface area contributed by atoms with Crippen molar-refractivity contribution in [2.45, 2.75) is 50.4 Å². The molecule has 9 heteroatoms. The number of nitrogen functional groups attached to an aromatic ring is 1. The van der Waals surface area contributed by atoms with Crippen LogP contribution >= 0.6 is 0 Å². The van der Waals surface area contributed by atoms with Gasteiger partial charge in [0, 0.05) is 55.5 Å². The summed E-state index contributed by atoms with van der Waals surface area (Å²) in [5.41, 5.74) is 5.59. The lowest BCUT2D eigenvalue weighted by Crippen LogP contribution is -2.37. The van der Waals surface area contributed by atoms with Gasteiger partial charge in [-0.05, 0) is 30.7 Å². The normalized spacial score (nSPS) is 33.9. The van der Waals surface area contributed by atoms with Gasteiger partial charge in [0.1, 0.15) is 11.6 Å². The van der Waals surface area contributed by atoms with Gasteiger partial charge in [0.05, 0.1) is 23.4 Å². The van der Waals surface area contributed by atoms with Crippen LogP contribution in [0.25, 0.3) is 11.3 Å². The van der Waals surface area contributed by atoms with Gasteiger partial charge in [-0.2, -0.15) is 13.2 Å². The number of nitrogens with two attached hydrogens (primary N) is 1. The van der Waals surface area contributed by atoms with Crippen LogP contribution in [0.3, 0.4) is 0 Å². The van der Waals surface area contributed by atoms with Crippen LogP contribution in [-0.4, -0.2) is 51.8 Å². The van der Waals surface area contributed by atoms with E-state index in [2.05, 4.69) is 28.3 Å². The van der Waals surface area contributed by atoms with Crippen molar-refractivity contribution in [1.82, 2.24) is 19.4 Å². The van der Waals surface area contributed by atoms with Gasteiger partial charge in [0.2, 0.25) is 0 Å². The molecule has 32 heavy (non-hydrogen) atoms. The van der Waals surface area contributed by atoms with Crippen molar-refractivity contribution in [3.63, 3.8) is 0 Å². The van der Waals surface area contributed by atoms with E-state index in [9.17, 15) is 13.2 Å². The van der Waals surface area contributed by atoms with Gasteiger partial charge < -0.3 is 15.0 Å². The average Bonchev–Trinajstić information content (AvgIpc) is 3.39. The number of nitrogens with zero attached hydrogens (tertiary/aromatic N) is 4. The smallest absolute Gasteiger partial charge is 0.383 e. The third kappa shape index (κ3) is 2.73. The maximum atomic E-state index is 13.4. The highest BCUT2D eigenvalue weighted by Gasteiger charge is 2.93. The van der Waals surface area contributed by atoms with E-state index in [0.717, 1.165) is 44.6 Å². The Hall–Kier alpha value is -2.13. The number of hydrogen-bond acceptors (Lipinski definition) is 5. The summed E-state index contributed by atoms with van der Waals surface area (Å²) in [4.78, 5) is 11.2. The first-order valence-electron chi connectivity index (χ1n) is 11.5. The second kappa shape index (κ2) is 6.70. The summed E-state index contributed by atoms with van der Waals surface area (Å²) in [7, 11) is 0. The van der Waals surface area contributed by atoms with Gasteiger partial charge in [0.25, 0.3) is 0 Å². The minimum atomic E-state index is -4.55. The zero-order chi connectivity index (χ0) is 22.4. The molecule has 3 unspecified atom stereocenters. The molecule has 2 aromatic heterocycles. The third-order valence-corrected chi connectivity index (χ3v) is 8.09. The van der Waals surface area contributed by atoms with Gasteiger partial charge in [-0.1, -0.05) is 13.8 Å². The Balaban J connectivity index is 1.33. The summed E-state index contributed by atoms with van der Waals surface area (Å²) < 4.78 is 48.0. The van der Waals surface area contributed by atoms with E-state index in [0.29, 0.717) is 35.1 Å². The quantitative estimate of drug-likeness (QED) is 0.774. The lowest BCUT2D eigenvalue weighted by molar-refractivity contribution is -0.137. The molecule has 1 aliphatic heterocycles.